The second-order valence-corrected chi connectivity index (χ2v) is 11.9. The molecule has 232 valence electrons. The molecule has 3 atom stereocenters. The third kappa shape index (κ3) is 20.4. The van der Waals surface area contributed by atoms with Gasteiger partial charge in [0.05, 0.1) is 13.2 Å². The number of hydrogen-bond donors (Lipinski definition) is 1. The lowest BCUT2D eigenvalue weighted by atomic mass is 9.89. The van der Waals surface area contributed by atoms with Crippen molar-refractivity contribution in [2.24, 2.45) is 11.8 Å². The highest BCUT2D eigenvalue weighted by atomic mass is 16.6. The van der Waals surface area contributed by atoms with Crippen LogP contribution in [-0.4, -0.2) is 35.9 Å². The second kappa shape index (κ2) is 25.8. The van der Waals surface area contributed by atoms with Crippen LogP contribution in [0.25, 0.3) is 0 Å². The van der Waals surface area contributed by atoms with Crippen LogP contribution in [0.2, 0.25) is 0 Å². The predicted molar refractivity (Wildman–Crippen MR) is 164 cm³/mol. The van der Waals surface area contributed by atoms with Crippen LogP contribution in [0.5, 0.6) is 0 Å². The summed E-state index contributed by atoms with van der Waals surface area (Å²) in [4.78, 5) is 25.1. The van der Waals surface area contributed by atoms with Crippen molar-refractivity contribution < 1.29 is 24.2 Å². The van der Waals surface area contributed by atoms with Crippen molar-refractivity contribution >= 4 is 11.9 Å². The molecule has 0 saturated heterocycles. The average Bonchev–Trinajstić information content (AvgIpc) is 2.94. The van der Waals surface area contributed by atoms with Crippen LogP contribution in [0.1, 0.15) is 176 Å². The molecule has 5 nitrogen and oxygen atoms in total. The van der Waals surface area contributed by atoms with Gasteiger partial charge in [0, 0.05) is 6.42 Å². The van der Waals surface area contributed by atoms with Crippen LogP contribution in [0.15, 0.2) is 0 Å². The first kappa shape index (κ1) is 37.9. The molecule has 0 aromatic carbocycles. The van der Waals surface area contributed by atoms with Crippen molar-refractivity contribution in [2.75, 3.05) is 13.2 Å². The van der Waals surface area contributed by atoms with Crippen LogP contribution in [0.3, 0.4) is 0 Å². The lowest BCUT2D eigenvalue weighted by Gasteiger charge is -2.27. The number of esters is 2. The zero-order chi connectivity index (χ0) is 29.2. The maximum atomic E-state index is 13.0. The molecule has 0 bridgehead atoms. The molecule has 0 spiro atoms. The summed E-state index contributed by atoms with van der Waals surface area (Å²) in [7, 11) is 0. The Morgan fingerprint density at radius 2 is 1.03 bits per heavy atom. The van der Waals surface area contributed by atoms with E-state index in [1.807, 2.05) is 0 Å². The van der Waals surface area contributed by atoms with Crippen molar-refractivity contribution in [1.82, 2.24) is 0 Å². The molecule has 0 saturated carbocycles. The first-order chi connectivity index (χ1) is 18.9. The highest BCUT2D eigenvalue weighted by Gasteiger charge is 2.36. The first-order valence-corrected chi connectivity index (χ1v) is 16.9. The summed E-state index contributed by atoms with van der Waals surface area (Å²) < 4.78 is 11.2. The third-order valence-electron chi connectivity index (χ3n) is 8.31. The number of carbonyl (C=O) groups is 2. The Bertz CT molecular complexity index is 578. The standard InChI is InChI=1S/C34H66O5/c1-6-11-14-15-18-21-26-34(37,33(36)39-29-31(10-5)24-13-8-3)27-22-19-16-17-20-25-32(35)38-28-30(9-4)23-12-7-2/h30-31,37H,6-29H2,1-5H3. The van der Waals surface area contributed by atoms with E-state index in [0.29, 0.717) is 44.3 Å². The lowest BCUT2D eigenvalue weighted by Crippen LogP contribution is -2.41. The molecular formula is C34H66O5. The summed E-state index contributed by atoms with van der Waals surface area (Å²) in [6.45, 7) is 11.9. The maximum Gasteiger partial charge on any atom is 0.338 e. The zero-order valence-corrected chi connectivity index (χ0v) is 26.7. The molecule has 0 aliphatic rings. The van der Waals surface area contributed by atoms with Crippen LogP contribution in [-0.2, 0) is 19.1 Å². The fourth-order valence-corrected chi connectivity index (χ4v) is 5.15. The quantitative estimate of drug-likeness (QED) is 0.0769. The Kier molecular flexibility index (Phi) is 25.1. The highest BCUT2D eigenvalue weighted by molar-refractivity contribution is 5.79. The van der Waals surface area contributed by atoms with Crippen molar-refractivity contribution in [1.29, 1.82) is 0 Å². The molecule has 0 aliphatic heterocycles. The van der Waals surface area contributed by atoms with Gasteiger partial charge in [-0.3, -0.25) is 4.79 Å². The van der Waals surface area contributed by atoms with Gasteiger partial charge in [0.15, 0.2) is 5.60 Å². The lowest BCUT2D eigenvalue weighted by molar-refractivity contribution is -0.169. The average molecular weight is 555 g/mol. The minimum Gasteiger partial charge on any atom is -0.465 e. The fraction of sp³-hybridized carbons (Fsp3) is 0.941. The van der Waals surface area contributed by atoms with E-state index in [1.165, 1.54) is 32.1 Å². The number of ether oxygens (including phenoxy) is 2. The molecule has 0 radical (unpaired) electrons. The van der Waals surface area contributed by atoms with Gasteiger partial charge in [0.25, 0.3) is 0 Å². The number of aliphatic hydroxyl groups is 1. The zero-order valence-electron chi connectivity index (χ0n) is 26.7. The normalized spacial score (nSPS) is 14.5. The van der Waals surface area contributed by atoms with Gasteiger partial charge in [-0.1, -0.05) is 125 Å². The van der Waals surface area contributed by atoms with Gasteiger partial charge >= 0.3 is 11.9 Å². The van der Waals surface area contributed by atoms with Gasteiger partial charge in [0.1, 0.15) is 0 Å². The fourth-order valence-electron chi connectivity index (χ4n) is 5.15. The number of hydrogen-bond acceptors (Lipinski definition) is 5. The largest absolute Gasteiger partial charge is 0.465 e. The Hall–Kier alpha value is -1.10. The molecule has 0 aromatic rings. The second-order valence-electron chi connectivity index (χ2n) is 11.9. The van der Waals surface area contributed by atoms with E-state index >= 15 is 0 Å². The van der Waals surface area contributed by atoms with E-state index in [9.17, 15) is 14.7 Å². The Morgan fingerprint density at radius 3 is 1.51 bits per heavy atom. The van der Waals surface area contributed by atoms with Crippen molar-refractivity contribution in [3.8, 4) is 0 Å². The molecule has 0 aliphatic carbocycles. The Balaban J connectivity index is 4.45. The van der Waals surface area contributed by atoms with Gasteiger partial charge in [-0.2, -0.15) is 0 Å². The topological polar surface area (TPSA) is 72.8 Å². The van der Waals surface area contributed by atoms with E-state index in [-0.39, 0.29) is 5.97 Å². The smallest absolute Gasteiger partial charge is 0.338 e. The summed E-state index contributed by atoms with van der Waals surface area (Å²) in [5, 5.41) is 11.4. The van der Waals surface area contributed by atoms with E-state index in [0.717, 1.165) is 89.9 Å². The maximum absolute atomic E-state index is 13.0. The molecular weight excluding hydrogens is 488 g/mol. The number of rotatable bonds is 28. The number of unbranched alkanes of at least 4 members (excludes halogenated alkanes) is 11. The molecule has 0 amide bonds. The Morgan fingerprint density at radius 1 is 0.590 bits per heavy atom. The minimum atomic E-state index is -1.37. The molecule has 39 heavy (non-hydrogen) atoms. The van der Waals surface area contributed by atoms with Crippen molar-refractivity contribution in [2.45, 2.75) is 181 Å². The summed E-state index contributed by atoms with van der Waals surface area (Å²) in [5.41, 5.74) is -1.37. The van der Waals surface area contributed by atoms with Gasteiger partial charge in [-0.15, -0.1) is 0 Å². The molecule has 1 N–H and O–H groups in total. The molecule has 0 fully saturated rings. The monoisotopic (exact) mass is 554 g/mol. The van der Waals surface area contributed by atoms with Gasteiger partial charge in [0.2, 0.25) is 0 Å². The molecule has 0 heterocycles. The molecule has 0 aromatic heterocycles. The molecule has 5 heteroatoms. The van der Waals surface area contributed by atoms with Gasteiger partial charge in [-0.05, 0) is 56.8 Å². The summed E-state index contributed by atoms with van der Waals surface area (Å²) >= 11 is 0. The van der Waals surface area contributed by atoms with Crippen molar-refractivity contribution in [3.05, 3.63) is 0 Å². The number of carbonyl (C=O) groups excluding carboxylic acids is 2. The first-order valence-electron chi connectivity index (χ1n) is 16.9. The van der Waals surface area contributed by atoms with Crippen LogP contribution in [0.4, 0.5) is 0 Å². The minimum absolute atomic E-state index is 0.0784. The van der Waals surface area contributed by atoms with E-state index < -0.39 is 11.6 Å². The summed E-state index contributed by atoms with van der Waals surface area (Å²) in [6.07, 6.45) is 21.7. The molecule has 0 rings (SSSR count). The highest BCUT2D eigenvalue weighted by Crippen LogP contribution is 2.26. The summed E-state index contributed by atoms with van der Waals surface area (Å²) in [6, 6.07) is 0. The van der Waals surface area contributed by atoms with Gasteiger partial charge < -0.3 is 14.6 Å². The predicted octanol–water partition coefficient (Wildman–Crippen LogP) is 9.72. The van der Waals surface area contributed by atoms with Gasteiger partial charge in [-0.25, -0.2) is 4.79 Å². The summed E-state index contributed by atoms with van der Waals surface area (Å²) in [5.74, 6) is 0.367. The third-order valence-corrected chi connectivity index (χ3v) is 8.31. The van der Waals surface area contributed by atoms with Crippen LogP contribution >= 0.6 is 0 Å². The molecule has 3 unspecified atom stereocenters. The SMILES string of the molecule is CCCCCCCCC(O)(CCCCCCCC(=O)OCC(CC)CCCC)C(=O)OCC(CC)CCCC. The van der Waals surface area contributed by atoms with E-state index in [4.69, 9.17) is 9.47 Å². The van der Waals surface area contributed by atoms with E-state index in [2.05, 4.69) is 34.6 Å². The van der Waals surface area contributed by atoms with Crippen LogP contribution < -0.4 is 0 Å². The van der Waals surface area contributed by atoms with E-state index in [1.54, 1.807) is 0 Å². The Labute approximate surface area is 242 Å². The van der Waals surface area contributed by atoms with Crippen LogP contribution in [0, 0.1) is 11.8 Å². The van der Waals surface area contributed by atoms with Crippen molar-refractivity contribution in [3.63, 3.8) is 0 Å².